The number of anilines is 2. The first-order valence-corrected chi connectivity index (χ1v) is 8.34. The molecule has 0 bridgehead atoms. The normalized spacial score (nSPS) is 13.4. The minimum atomic E-state index is -0.249. The predicted octanol–water partition coefficient (Wildman–Crippen LogP) is 2.94. The number of nitrogens with zero attached hydrogens (tertiary/aromatic N) is 3. The van der Waals surface area contributed by atoms with Crippen LogP contribution in [0, 0.1) is 6.92 Å². The second-order valence-electron chi connectivity index (χ2n) is 6.00. The van der Waals surface area contributed by atoms with Crippen LogP contribution in [0.15, 0.2) is 24.3 Å². The number of hydrogen-bond acceptors (Lipinski definition) is 3. The lowest BCUT2D eigenvalue weighted by molar-refractivity contribution is -0.116. The van der Waals surface area contributed by atoms with Crippen LogP contribution in [0.1, 0.15) is 23.7 Å². The zero-order valence-electron chi connectivity index (χ0n) is 14.3. The van der Waals surface area contributed by atoms with E-state index >= 15 is 0 Å². The third-order valence-corrected chi connectivity index (χ3v) is 4.67. The van der Waals surface area contributed by atoms with Crippen molar-refractivity contribution in [1.82, 2.24) is 9.78 Å². The Labute approximate surface area is 151 Å². The summed E-state index contributed by atoms with van der Waals surface area (Å²) in [7, 11) is 1.75. The monoisotopic (exact) mass is 358 g/mol. The Morgan fingerprint density at radius 3 is 2.76 bits per heavy atom. The zero-order chi connectivity index (χ0) is 18.1. The highest BCUT2D eigenvalue weighted by Crippen LogP contribution is 2.30. The number of aromatic nitrogens is 2. The van der Waals surface area contributed by atoms with E-state index in [4.69, 9.17) is 11.6 Å². The van der Waals surface area contributed by atoms with Gasteiger partial charge in [0.05, 0.1) is 5.69 Å². The molecule has 2 aromatic rings. The van der Waals surface area contributed by atoms with E-state index in [2.05, 4.69) is 10.4 Å². The van der Waals surface area contributed by atoms with Crippen molar-refractivity contribution >= 4 is 40.9 Å². The van der Waals surface area contributed by atoms with Crippen molar-refractivity contribution in [2.24, 2.45) is 7.05 Å². The van der Waals surface area contributed by atoms with Gasteiger partial charge in [0, 0.05) is 43.5 Å². The third-order valence-electron chi connectivity index (χ3n) is 4.22. The summed E-state index contributed by atoms with van der Waals surface area (Å²) in [4.78, 5) is 25.5. The Morgan fingerprint density at radius 2 is 2.12 bits per heavy atom. The minimum Gasteiger partial charge on any atom is -0.323 e. The molecule has 2 heterocycles. The molecule has 0 atom stereocenters. The van der Waals surface area contributed by atoms with Crippen molar-refractivity contribution in [1.29, 1.82) is 0 Å². The van der Waals surface area contributed by atoms with Crippen LogP contribution in [0.3, 0.4) is 0 Å². The van der Waals surface area contributed by atoms with Gasteiger partial charge >= 0.3 is 0 Å². The molecule has 0 spiro atoms. The molecule has 7 heteroatoms. The van der Waals surface area contributed by atoms with E-state index < -0.39 is 0 Å². The van der Waals surface area contributed by atoms with Crippen molar-refractivity contribution in [3.05, 3.63) is 46.2 Å². The summed E-state index contributed by atoms with van der Waals surface area (Å²) < 4.78 is 1.57. The van der Waals surface area contributed by atoms with Crippen molar-refractivity contribution in [3.8, 4) is 0 Å². The Balaban J connectivity index is 1.72. The molecule has 1 N–H and O–H groups in total. The Bertz CT molecular complexity index is 885. The summed E-state index contributed by atoms with van der Waals surface area (Å²) in [5.74, 6) is -0.220. The van der Waals surface area contributed by atoms with E-state index in [0.717, 1.165) is 28.9 Å². The van der Waals surface area contributed by atoms with Gasteiger partial charge in [-0.25, -0.2) is 0 Å². The summed E-state index contributed by atoms with van der Waals surface area (Å²) in [6.45, 7) is 4.08. The van der Waals surface area contributed by atoms with Crippen LogP contribution in [-0.2, 0) is 23.1 Å². The molecule has 0 aliphatic carbocycles. The molecule has 2 amide bonds. The van der Waals surface area contributed by atoms with E-state index in [-0.39, 0.29) is 11.8 Å². The Hall–Kier alpha value is -2.60. The number of hydrogen-bond donors (Lipinski definition) is 1. The van der Waals surface area contributed by atoms with Gasteiger partial charge < -0.3 is 10.2 Å². The molecule has 1 aliphatic rings. The topological polar surface area (TPSA) is 67.2 Å². The van der Waals surface area contributed by atoms with Gasteiger partial charge in [0.2, 0.25) is 11.8 Å². The lowest BCUT2D eigenvalue weighted by Crippen LogP contribution is -2.25. The largest absolute Gasteiger partial charge is 0.323 e. The quantitative estimate of drug-likeness (QED) is 0.858. The predicted molar refractivity (Wildman–Crippen MR) is 98.8 cm³/mol. The number of halogens is 1. The van der Waals surface area contributed by atoms with Crippen LogP contribution in [0.4, 0.5) is 11.4 Å². The standard InChI is InChI=1S/C18H19ClN4O2/c1-11-15(18(19)22(3)21-11)5-7-17(25)20-14-4-6-16-13(10-14)8-9-23(16)12(2)24/h4-7,10H,8-9H2,1-3H3,(H,20,25)/b7-5+. The van der Waals surface area contributed by atoms with Gasteiger partial charge in [-0.1, -0.05) is 11.6 Å². The number of aryl methyl sites for hydroxylation is 2. The maximum Gasteiger partial charge on any atom is 0.248 e. The number of rotatable bonds is 3. The van der Waals surface area contributed by atoms with Crippen LogP contribution >= 0.6 is 11.6 Å². The Kier molecular flexibility index (Phi) is 4.63. The number of carbonyl (C=O) groups is 2. The molecule has 0 unspecified atom stereocenters. The number of amides is 2. The fourth-order valence-electron chi connectivity index (χ4n) is 2.99. The average molecular weight is 359 g/mol. The van der Waals surface area contributed by atoms with Crippen LogP contribution in [-0.4, -0.2) is 28.1 Å². The molecule has 0 saturated carbocycles. The summed E-state index contributed by atoms with van der Waals surface area (Å²) in [5.41, 5.74) is 4.17. The molecule has 1 aromatic heterocycles. The van der Waals surface area contributed by atoms with Crippen LogP contribution in [0.2, 0.25) is 5.15 Å². The molecule has 3 rings (SSSR count). The maximum absolute atomic E-state index is 12.2. The smallest absolute Gasteiger partial charge is 0.248 e. The maximum atomic E-state index is 12.2. The number of carbonyl (C=O) groups excluding carboxylic acids is 2. The number of benzene rings is 1. The highest BCUT2D eigenvalue weighted by atomic mass is 35.5. The molecule has 1 aromatic carbocycles. The van der Waals surface area contributed by atoms with Gasteiger partial charge in [-0.05, 0) is 43.2 Å². The SMILES string of the molecule is CC(=O)N1CCc2cc(NC(=O)/C=C/c3c(C)nn(C)c3Cl)ccc21. The lowest BCUT2D eigenvalue weighted by atomic mass is 10.1. The van der Waals surface area contributed by atoms with Gasteiger partial charge in [-0.3, -0.25) is 14.3 Å². The number of fused-ring (bicyclic) bond motifs is 1. The lowest BCUT2D eigenvalue weighted by Gasteiger charge is -2.14. The van der Waals surface area contributed by atoms with Crippen molar-refractivity contribution < 1.29 is 9.59 Å². The molecule has 1 aliphatic heterocycles. The summed E-state index contributed by atoms with van der Waals surface area (Å²) in [6, 6.07) is 5.58. The zero-order valence-corrected chi connectivity index (χ0v) is 15.1. The molecular weight excluding hydrogens is 340 g/mol. The summed E-state index contributed by atoms with van der Waals surface area (Å²) in [6.07, 6.45) is 3.88. The highest BCUT2D eigenvalue weighted by molar-refractivity contribution is 6.31. The van der Waals surface area contributed by atoms with Crippen LogP contribution in [0.25, 0.3) is 6.08 Å². The first-order chi connectivity index (χ1) is 11.9. The van der Waals surface area contributed by atoms with Gasteiger partial charge in [-0.15, -0.1) is 0 Å². The van der Waals surface area contributed by atoms with Crippen molar-refractivity contribution in [2.75, 3.05) is 16.8 Å². The van der Waals surface area contributed by atoms with Gasteiger partial charge in [0.25, 0.3) is 0 Å². The molecule has 0 fully saturated rings. The highest BCUT2D eigenvalue weighted by Gasteiger charge is 2.22. The van der Waals surface area contributed by atoms with E-state index in [9.17, 15) is 9.59 Å². The fraction of sp³-hybridized carbons (Fsp3) is 0.278. The molecular formula is C18H19ClN4O2. The number of nitrogens with one attached hydrogen (secondary N) is 1. The van der Waals surface area contributed by atoms with Gasteiger partial charge in [0.15, 0.2) is 0 Å². The first-order valence-electron chi connectivity index (χ1n) is 7.96. The van der Waals surface area contributed by atoms with Crippen LogP contribution in [0.5, 0.6) is 0 Å². The summed E-state index contributed by atoms with van der Waals surface area (Å²) in [5, 5.41) is 7.52. The minimum absolute atomic E-state index is 0.0298. The molecule has 0 saturated heterocycles. The second-order valence-corrected chi connectivity index (χ2v) is 6.36. The first kappa shape index (κ1) is 17.2. The van der Waals surface area contributed by atoms with E-state index in [1.807, 2.05) is 19.1 Å². The van der Waals surface area contributed by atoms with Gasteiger partial charge in [-0.2, -0.15) is 5.10 Å². The molecule has 0 radical (unpaired) electrons. The molecule has 25 heavy (non-hydrogen) atoms. The average Bonchev–Trinajstić information content (AvgIpc) is 3.07. The van der Waals surface area contributed by atoms with Crippen LogP contribution < -0.4 is 10.2 Å². The third kappa shape index (κ3) is 3.44. The fourth-order valence-corrected chi connectivity index (χ4v) is 3.22. The van der Waals surface area contributed by atoms with E-state index in [1.165, 1.54) is 6.08 Å². The van der Waals surface area contributed by atoms with Crippen molar-refractivity contribution in [2.45, 2.75) is 20.3 Å². The second kappa shape index (κ2) is 6.72. The van der Waals surface area contributed by atoms with E-state index in [0.29, 0.717) is 17.4 Å². The molecule has 130 valence electrons. The van der Waals surface area contributed by atoms with Gasteiger partial charge in [0.1, 0.15) is 5.15 Å². The van der Waals surface area contributed by atoms with E-state index in [1.54, 1.807) is 35.7 Å². The van der Waals surface area contributed by atoms with Crippen molar-refractivity contribution in [3.63, 3.8) is 0 Å². The summed E-state index contributed by atoms with van der Waals surface area (Å²) >= 11 is 6.15. The molecule has 6 nitrogen and oxygen atoms in total. The Morgan fingerprint density at radius 1 is 1.36 bits per heavy atom.